The van der Waals surface area contributed by atoms with Crippen LogP contribution in [0.5, 0.6) is 23.0 Å². The maximum atomic E-state index is 13.1. The molecule has 154 valence electrons. The van der Waals surface area contributed by atoms with Gasteiger partial charge >= 0.3 is 0 Å². The van der Waals surface area contributed by atoms with E-state index in [4.69, 9.17) is 24.7 Å². The largest absolute Gasteiger partial charge is 0.496 e. The molecule has 0 radical (unpaired) electrons. The van der Waals surface area contributed by atoms with E-state index in [9.17, 15) is 13.5 Å². The molecule has 0 fully saturated rings. The summed E-state index contributed by atoms with van der Waals surface area (Å²) in [7, 11) is 1.92. The van der Waals surface area contributed by atoms with Gasteiger partial charge in [0.15, 0.2) is 9.84 Å². The monoisotopic (exact) mass is 411 g/mol. The molecule has 2 aromatic carbocycles. The zero-order chi connectivity index (χ0) is 20.9. The van der Waals surface area contributed by atoms with Gasteiger partial charge in [0.2, 0.25) is 0 Å². The van der Waals surface area contributed by atoms with E-state index < -0.39 is 21.7 Å². The number of anilines is 1. The van der Waals surface area contributed by atoms with E-state index in [2.05, 4.69) is 0 Å². The Morgan fingerprint density at radius 2 is 1.50 bits per heavy atom. The van der Waals surface area contributed by atoms with Crippen molar-refractivity contribution in [3.8, 4) is 23.0 Å². The van der Waals surface area contributed by atoms with Gasteiger partial charge in [0, 0.05) is 12.1 Å². The number of methoxy groups -OCH3 is 4. The Morgan fingerprint density at radius 3 is 1.93 bits per heavy atom. The predicted molar refractivity (Wildman–Crippen MR) is 106 cm³/mol. The molecule has 0 amide bonds. The average molecular weight is 411 g/mol. The van der Waals surface area contributed by atoms with Crippen molar-refractivity contribution in [2.24, 2.45) is 0 Å². The quantitative estimate of drug-likeness (QED) is 0.601. The Bertz CT molecular complexity index is 903. The van der Waals surface area contributed by atoms with E-state index in [0.717, 1.165) is 0 Å². The van der Waals surface area contributed by atoms with Crippen molar-refractivity contribution in [3.05, 3.63) is 41.5 Å². The van der Waals surface area contributed by atoms with Gasteiger partial charge in [-0.15, -0.1) is 0 Å². The van der Waals surface area contributed by atoms with Crippen LogP contribution >= 0.6 is 0 Å². The van der Waals surface area contributed by atoms with Crippen molar-refractivity contribution in [3.63, 3.8) is 0 Å². The van der Waals surface area contributed by atoms with Gasteiger partial charge in [-0.25, -0.2) is 8.42 Å². The Hall–Kier alpha value is -2.65. The van der Waals surface area contributed by atoms with Gasteiger partial charge < -0.3 is 29.8 Å². The fraction of sp³-hybridized carbons (Fsp3) is 0.368. The number of aliphatic hydroxyl groups excluding tert-OH is 1. The molecule has 0 spiro atoms. The van der Waals surface area contributed by atoms with Crippen LogP contribution < -0.4 is 24.7 Å². The standard InChI is InChI=1S/C19H25NO7S/c1-24-13-8-16(26-3)19(17(9-13)27-4)18(10-21)28(22,23)11-12-5-6-15(25-2)14(20)7-12/h5-9,18,21H,10-11,20H2,1-4H3. The van der Waals surface area contributed by atoms with Crippen LogP contribution in [0.3, 0.4) is 0 Å². The molecule has 2 rings (SSSR count). The molecule has 0 saturated carbocycles. The van der Waals surface area contributed by atoms with Crippen molar-refractivity contribution in [2.45, 2.75) is 11.0 Å². The molecular weight excluding hydrogens is 386 g/mol. The molecule has 0 bridgehead atoms. The molecule has 0 aromatic heterocycles. The number of ether oxygens (including phenoxy) is 4. The fourth-order valence-electron chi connectivity index (χ4n) is 2.94. The molecule has 1 atom stereocenters. The summed E-state index contributed by atoms with van der Waals surface area (Å²) in [6.45, 7) is -0.646. The fourth-order valence-corrected chi connectivity index (χ4v) is 4.60. The minimum atomic E-state index is -3.85. The first kappa shape index (κ1) is 21.6. The molecule has 3 N–H and O–H groups in total. The Kier molecular flexibility index (Phi) is 6.98. The smallest absolute Gasteiger partial charge is 0.163 e. The lowest BCUT2D eigenvalue weighted by Crippen LogP contribution is -2.20. The lowest BCUT2D eigenvalue weighted by Gasteiger charge is -2.22. The first-order chi connectivity index (χ1) is 13.3. The van der Waals surface area contributed by atoms with E-state index >= 15 is 0 Å². The second kappa shape index (κ2) is 9.03. The zero-order valence-corrected chi connectivity index (χ0v) is 17.1. The normalized spacial score (nSPS) is 12.3. The maximum absolute atomic E-state index is 13.1. The van der Waals surface area contributed by atoms with E-state index in [0.29, 0.717) is 22.7 Å². The number of hydrogen-bond acceptors (Lipinski definition) is 8. The van der Waals surface area contributed by atoms with Gasteiger partial charge in [0.1, 0.15) is 28.2 Å². The highest BCUT2D eigenvalue weighted by atomic mass is 32.2. The van der Waals surface area contributed by atoms with E-state index in [1.807, 2.05) is 0 Å². The van der Waals surface area contributed by atoms with Crippen LogP contribution in [0.2, 0.25) is 0 Å². The molecular formula is C19H25NO7S. The van der Waals surface area contributed by atoms with E-state index in [-0.39, 0.29) is 22.8 Å². The van der Waals surface area contributed by atoms with Crippen LogP contribution in [0.4, 0.5) is 5.69 Å². The molecule has 0 aliphatic carbocycles. The molecule has 1 unspecified atom stereocenters. The number of hydrogen-bond donors (Lipinski definition) is 2. The number of rotatable bonds is 9. The second-order valence-corrected chi connectivity index (χ2v) is 8.18. The lowest BCUT2D eigenvalue weighted by molar-refractivity contribution is 0.284. The number of benzene rings is 2. The minimum absolute atomic E-state index is 0.231. The molecule has 9 heteroatoms. The van der Waals surface area contributed by atoms with Crippen molar-refractivity contribution in [2.75, 3.05) is 40.8 Å². The van der Waals surface area contributed by atoms with E-state index in [1.165, 1.54) is 34.5 Å². The van der Waals surface area contributed by atoms with Gasteiger partial charge in [-0.05, 0) is 17.7 Å². The predicted octanol–water partition coefficient (Wildman–Crippen LogP) is 1.95. The summed E-state index contributed by atoms with van der Waals surface area (Å²) in [6.07, 6.45) is 0. The number of nitrogens with two attached hydrogens (primary N) is 1. The summed E-state index contributed by atoms with van der Waals surface area (Å²) in [5.74, 6) is 1.05. The second-order valence-electron chi connectivity index (χ2n) is 6.00. The first-order valence-electron chi connectivity index (χ1n) is 8.36. The summed E-state index contributed by atoms with van der Waals surface area (Å²) in [5, 5.41) is 8.67. The van der Waals surface area contributed by atoms with Crippen LogP contribution in [0, 0.1) is 0 Å². The summed E-state index contributed by atoms with van der Waals surface area (Å²) in [5.41, 5.74) is 6.91. The zero-order valence-electron chi connectivity index (χ0n) is 16.3. The maximum Gasteiger partial charge on any atom is 0.163 e. The van der Waals surface area contributed by atoms with Crippen LogP contribution in [-0.2, 0) is 15.6 Å². The van der Waals surface area contributed by atoms with Crippen molar-refractivity contribution in [1.29, 1.82) is 0 Å². The van der Waals surface area contributed by atoms with Gasteiger partial charge in [-0.3, -0.25) is 0 Å². The van der Waals surface area contributed by atoms with Crippen LogP contribution in [0.25, 0.3) is 0 Å². The van der Waals surface area contributed by atoms with Gasteiger partial charge in [0.25, 0.3) is 0 Å². The number of nitrogen functional groups attached to an aromatic ring is 1. The Morgan fingerprint density at radius 1 is 0.929 bits per heavy atom. The van der Waals surface area contributed by atoms with Gasteiger partial charge in [0.05, 0.1) is 52.0 Å². The van der Waals surface area contributed by atoms with Crippen LogP contribution in [-0.4, -0.2) is 48.6 Å². The molecule has 0 saturated heterocycles. The molecule has 0 aliphatic heterocycles. The van der Waals surface area contributed by atoms with Crippen LogP contribution in [0.15, 0.2) is 30.3 Å². The molecule has 0 aliphatic rings. The van der Waals surface area contributed by atoms with E-state index in [1.54, 1.807) is 24.3 Å². The third kappa shape index (κ3) is 4.42. The highest BCUT2D eigenvalue weighted by Gasteiger charge is 2.33. The molecule has 8 nitrogen and oxygen atoms in total. The topological polar surface area (TPSA) is 117 Å². The molecule has 28 heavy (non-hydrogen) atoms. The van der Waals surface area contributed by atoms with Gasteiger partial charge in [-0.2, -0.15) is 0 Å². The highest BCUT2D eigenvalue weighted by molar-refractivity contribution is 7.90. The summed E-state index contributed by atoms with van der Waals surface area (Å²) < 4.78 is 47.2. The van der Waals surface area contributed by atoms with Gasteiger partial charge in [-0.1, -0.05) is 6.07 Å². The Balaban J connectivity index is 2.50. The number of sulfone groups is 1. The van der Waals surface area contributed by atoms with Crippen molar-refractivity contribution in [1.82, 2.24) is 0 Å². The summed E-state index contributed by atoms with van der Waals surface area (Å²) >= 11 is 0. The Labute approximate surface area is 164 Å². The highest BCUT2D eigenvalue weighted by Crippen LogP contribution is 2.42. The molecule has 0 heterocycles. The summed E-state index contributed by atoms with van der Waals surface area (Å²) in [4.78, 5) is 0. The number of aliphatic hydroxyl groups is 1. The van der Waals surface area contributed by atoms with Crippen molar-refractivity contribution >= 4 is 15.5 Å². The lowest BCUT2D eigenvalue weighted by atomic mass is 10.1. The third-order valence-electron chi connectivity index (χ3n) is 4.34. The third-order valence-corrected chi connectivity index (χ3v) is 6.32. The van der Waals surface area contributed by atoms with Crippen molar-refractivity contribution < 1.29 is 32.5 Å². The average Bonchev–Trinajstić information content (AvgIpc) is 2.67. The summed E-state index contributed by atoms with van der Waals surface area (Å²) in [6, 6.07) is 7.84. The first-order valence-corrected chi connectivity index (χ1v) is 10.1. The molecule has 2 aromatic rings. The minimum Gasteiger partial charge on any atom is -0.496 e. The SMILES string of the molecule is COc1cc(OC)c(C(CO)S(=O)(=O)Cc2ccc(OC)c(N)c2)c(OC)c1. The van der Waals surface area contributed by atoms with Crippen LogP contribution in [0.1, 0.15) is 16.4 Å².